The van der Waals surface area contributed by atoms with Crippen LogP contribution in [0, 0.1) is 0 Å². The van der Waals surface area contributed by atoms with Crippen LogP contribution < -0.4 is 0 Å². The zero-order chi connectivity index (χ0) is 57.1. The molecule has 0 fully saturated rings. The predicted octanol–water partition coefficient (Wildman–Crippen LogP) is 21.7. The molecule has 0 aliphatic heterocycles. The molecular formula is C73H112O6. The highest BCUT2D eigenvalue weighted by Crippen LogP contribution is 2.13. The largest absolute Gasteiger partial charge is 0.462 e. The summed E-state index contributed by atoms with van der Waals surface area (Å²) in [7, 11) is 0. The molecule has 0 aromatic heterocycles. The maximum Gasteiger partial charge on any atom is 0.306 e. The molecular weight excluding hydrogens is 973 g/mol. The fourth-order valence-electron chi connectivity index (χ4n) is 7.82. The summed E-state index contributed by atoms with van der Waals surface area (Å²) in [6.07, 6.45) is 97.5. The van der Waals surface area contributed by atoms with Crippen molar-refractivity contribution in [2.24, 2.45) is 0 Å². The van der Waals surface area contributed by atoms with Crippen LogP contribution in [-0.4, -0.2) is 37.2 Å². The fraction of sp³-hybridized carbons (Fsp3) is 0.548. The number of unbranched alkanes of at least 4 members (excludes halogenated alkanes) is 13. The van der Waals surface area contributed by atoms with Crippen molar-refractivity contribution in [3.8, 4) is 0 Å². The van der Waals surface area contributed by atoms with Crippen molar-refractivity contribution in [3.63, 3.8) is 0 Å². The number of carbonyl (C=O) groups is 3. The Labute approximate surface area is 484 Å². The maximum absolute atomic E-state index is 12.9. The molecule has 0 saturated carbocycles. The Hall–Kier alpha value is -5.49. The minimum absolute atomic E-state index is 0.119. The molecule has 0 aromatic rings. The zero-order valence-electron chi connectivity index (χ0n) is 50.3. The second kappa shape index (κ2) is 65.0. The quantitative estimate of drug-likeness (QED) is 0.0261. The lowest BCUT2D eigenvalue weighted by molar-refractivity contribution is -0.167. The van der Waals surface area contributed by atoms with Crippen LogP contribution >= 0.6 is 0 Å². The van der Waals surface area contributed by atoms with Crippen LogP contribution in [0.5, 0.6) is 0 Å². The Morgan fingerprint density at radius 1 is 0.253 bits per heavy atom. The van der Waals surface area contributed by atoms with E-state index in [-0.39, 0.29) is 44.0 Å². The zero-order valence-corrected chi connectivity index (χ0v) is 50.3. The molecule has 0 amide bonds. The van der Waals surface area contributed by atoms with Gasteiger partial charge >= 0.3 is 17.9 Å². The first-order valence-corrected chi connectivity index (χ1v) is 31.3. The Morgan fingerprint density at radius 3 is 0.759 bits per heavy atom. The fourth-order valence-corrected chi connectivity index (χ4v) is 7.82. The molecule has 440 valence electrons. The molecule has 0 aliphatic carbocycles. The van der Waals surface area contributed by atoms with E-state index in [1.165, 1.54) is 19.3 Å². The van der Waals surface area contributed by atoms with Gasteiger partial charge in [-0.2, -0.15) is 0 Å². The molecule has 0 radical (unpaired) electrons. The summed E-state index contributed by atoms with van der Waals surface area (Å²) < 4.78 is 16.9. The summed E-state index contributed by atoms with van der Waals surface area (Å²) in [6, 6.07) is 0. The lowest BCUT2D eigenvalue weighted by Gasteiger charge is -2.18. The first kappa shape index (κ1) is 73.5. The predicted molar refractivity (Wildman–Crippen MR) is 343 cm³/mol. The third-order valence-corrected chi connectivity index (χ3v) is 12.4. The van der Waals surface area contributed by atoms with E-state index in [1.807, 2.05) is 0 Å². The molecule has 0 aromatic carbocycles. The van der Waals surface area contributed by atoms with Crippen molar-refractivity contribution >= 4 is 17.9 Å². The van der Waals surface area contributed by atoms with Crippen LogP contribution in [0.3, 0.4) is 0 Å². The topological polar surface area (TPSA) is 78.9 Å². The van der Waals surface area contributed by atoms with Crippen molar-refractivity contribution in [2.45, 2.75) is 245 Å². The Kier molecular flexibility index (Phi) is 60.5. The highest BCUT2D eigenvalue weighted by Gasteiger charge is 2.19. The van der Waals surface area contributed by atoms with Gasteiger partial charge in [-0.1, -0.05) is 254 Å². The van der Waals surface area contributed by atoms with E-state index in [0.29, 0.717) is 12.8 Å². The van der Waals surface area contributed by atoms with Crippen molar-refractivity contribution in [1.82, 2.24) is 0 Å². The van der Waals surface area contributed by atoms with Crippen molar-refractivity contribution in [1.29, 1.82) is 0 Å². The third kappa shape index (κ3) is 63.2. The van der Waals surface area contributed by atoms with Gasteiger partial charge in [0.05, 0.1) is 0 Å². The highest BCUT2D eigenvalue weighted by molar-refractivity contribution is 5.71. The van der Waals surface area contributed by atoms with Crippen LogP contribution in [0.1, 0.15) is 239 Å². The van der Waals surface area contributed by atoms with Crippen LogP contribution in [-0.2, 0) is 28.6 Å². The normalized spacial score (nSPS) is 13.4. The molecule has 0 N–H and O–H groups in total. The molecule has 0 bridgehead atoms. The number of rotatable bonds is 54. The van der Waals surface area contributed by atoms with Gasteiger partial charge < -0.3 is 14.2 Å². The van der Waals surface area contributed by atoms with Crippen LogP contribution in [0.2, 0.25) is 0 Å². The molecule has 0 heterocycles. The van der Waals surface area contributed by atoms with Crippen LogP contribution in [0.15, 0.2) is 182 Å². The average molecular weight is 1090 g/mol. The summed E-state index contributed by atoms with van der Waals surface area (Å²) in [5.41, 5.74) is 0. The SMILES string of the molecule is CC/C=C\C/C=C\C/C=C\C/C=C\C/C=C\CCCCCCCCCC(=O)OCC(COC(=O)CCC/C=C\C/C=C\C/C=C\C/C=C\C/C=C\CC)OC(=O)CCCCCCC/C=C\C/C=C\C/C=C\C/C=C\C/C=C\CC. The third-order valence-electron chi connectivity index (χ3n) is 12.4. The summed E-state index contributed by atoms with van der Waals surface area (Å²) >= 11 is 0. The van der Waals surface area contributed by atoms with Gasteiger partial charge in [0.25, 0.3) is 0 Å². The van der Waals surface area contributed by atoms with Gasteiger partial charge in [-0.3, -0.25) is 14.4 Å². The first-order chi connectivity index (χ1) is 39.0. The molecule has 6 heteroatoms. The molecule has 0 rings (SSSR count). The molecule has 1 atom stereocenters. The van der Waals surface area contributed by atoms with Gasteiger partial charge in [-0.05, 0) is 148 Å². The van der Waals surface area contributed by atoms with Crippen LogP contribution in [0.4, 0.5) is 0 Å². The summed E-state index contributed by atoms with van der Waals surface area (Å²) in [5, 5.41) is 0. The van der Waals surface area contributed by atoms with Crippen molar-refractivity contribution in [2.75, 3.05) is 13.2 Å². The second-order valence-electron chi connectivity index (χ2n) is 19.8. The minimum atomic E-state index is -0.829. The Morgan fingerprint density at radius 2 is 0.468 bits per heavy atom. The maximum atomic E-state index is 12.9. The molecule has 6 nitrogen and oxygen atoms in total. The number of hydrogen-bond donors (Lipinski definition) is 0. The van der Waals surface area contributed by atoms with Gasteiger partial charge in [-0.25, -0.2) is 0 Å². The smallest absolute Gasteiger partial charge is 0.306 e. The Bertz CT molecular complexity index is 1870. The number of hydrogen-bond acceptors (Lipinski definition) is 6. The average Bonchev–Trinajstić information content (AvgIpc) is 3.45. The molecule has 0 saturated heterocycles. The van der Waals surface area contributed by atoms with Crippen LogP contribution in [0.25, 0.3) is 0 Å². The van der Waals surface area contributed by atoms with Gasteiger partial charge in [-0.15, -0.1) is 0 Å². The Balaban J connectivity index is 4.56. The summed E-state index contributed by atoms with van der Waals surface area (Å²) in [4.78, 5) is 38.3. The van der Waals surface area contributed by atoms with E-state index in [1.54, 1.807) is 0 Å². The second-order valence-corrected chi connectivity index (χ2v) is 19.8. The van der Waals surface area contributed by atoms with E-state index in [4.69, 9.17) is 14.2 Å². The van der Waals surface area contributed by atoms with E-state index < -0.39 is 6.10 Å². The van der Waals surface area contributed by atoms with E-state index in [2.05, 4.69) is 203 Å². The molecule has 0 aliphatic rings. The van der Waals surface area contributed by atoms with Gasteiger partial charge in [0.15, 0.2) is 6.10 Å². The number of esters is 3. The molecule has 1 unspecified atom stereocenters. The number of allylic oxidation sites excluding steroid dienone is 30. The van der Waals surface area contributed by atoms with E-state index in [9.17, 15) is 14.4 Å². The lowest BCUT2D eigenvalue weighted by atomic mass is 10.1. The van der Waals surface area contributed by atoms with Crippen molar-refractivity contribution < 1.29 is 28.6 Å². The van der Waals surface area contributed by atoms with Gasteiger partial charge in [0.2, 0.25) is 0 Å². The van der Waals surface area contributed by atoms with E-state index in [0.717, 1.165) is 173 Å². The monoisotopic (exact) mass is 1080 g/mol. The highest BCUT2D eigenvalue weighted by atomic mass is 16.6. The van der Waals surface area contributed by atoms with Crippen molar-refractivity contribution in [3.05, 3.63) is 182 Å². The minimum Gasteiger partial charge on any atom is -0.462 e. The standard InChI is InChI=1S/C73H112O6/c1-4-7-10-13-16-19-22-25-28-31-33-35-36-38-39-42-45-48-51-54-57-60-63-66-72(75)78-69-70(68-77-71(74)65-62-59-56-53-50-47-44-41-30-27-24-21-18-15-12-9-6-3)79-73(76)67-64-61-58-55-52-49-46-43-40-37-34-32-29-26-23-20-17-14-11-8-5-2/h7-12,16-21,25-30,33-35,37-39,43-44,46-47,53,56,70H,4-6,13-15,22-24,31-32,36,40-42,45,48-52,54-55,57-69H2,1-3H3/b10-7-,11-8-,12-9-,19-16-,20-17-,21-18-,28-25-,29-26-,30-27-,35-33-,37-34-,39-38-,46-43-,47-44-,56-53-. The van der Waals surface area contributed by atoms with Gasteiger partial charge in [0, 0.05) is 19.3 Å². The van der Waals surface area contributed by atoms with E-state index >= 15 is 0 Å². The lowest BCUT2D eigenvalue weighted by Crippen LogP contribution is -2.30. The summed E-state index contributed by atoms with van der Waals surface area (Å²) in [5.74, 6) is -1.02. The summed E-state index contributed by atoms with van der Waals surface area (Å²) in [6.45, 7) is 6.21. The van der Waals surface area contributed by atoms with Gasteiger partial charge in [0.1, 0.15) is 13.2 Å². The number of carbonyl (C=O) groups excluding carboxylic acids is 3. The number of ether oxygens (including phenoxy) is 3. The molecule has 0 spiro atoms. The molecule has 79 heavy (non-hydrogen) atoms. The first-order valence-electron chi connectivity index (χ1n) is 31.3.